The summed E-state index contributed by atoms with van der Waals surface area (Å²) >= 11 is 0. The van der Waals surface area contributed by atoms with Gasteiger partial charge in [-0.2, -0.15) is 0 Å². The number of carbonyl (C=O) groups is 1. The van der Waals surface area contributed by atoms with Gasteiger partial charge in [0.2, 0.25) is 0 Å². The lowest BCUT2D eigenvalue weighted by Gasteiger charge is -2.02. The second-order valence-electron chi connectivity index (χ2n) is 1.82. The Bertz CT molecular complexity index is 80.5. The average Bonchev–Trinajstić information content (AvgIpc) is 2.01. The normalized spacial score (nSPS) is 7.91. The van der Waals surface area contributed by atoms with Crippen LogP contribution in [0.5, 0.6) is 0 Å². The molecule has 0 rings (SSSR count). The van der Waals surface area contributed by atoms with Crippen LogP contribution in [0.1, 0.15) is 26.7 Å². The summed E-state index contributed by atoms with van der Waals surface area (Å²) in [6.07, 6.45) is 0.135. The van der Waals surface area contributed by atoms with Crippen molar-refractivity contribution in [3.63, 3.8) is 0 Å². The van der Waals surface area contributed by atoms with Gasteiger partial charge >= 0.3 is 0 Å². The molecule has 0 fully saturated rings. The molecule has 0 aromatic carbocycles. The van der Waals surface area contributed by atoms with Gasteiger partial charge in [0.15, 0.2) is 0 Å². The second-order valence-corrected chi connectivity index (χ2v) is 1.82. The lowest BCUT2D eigenvalue weighted by atomic mass is 10.5. The Morgan fingerprint density at radius 1 is 1.45 bits per heavy atom. The highest BCUT2D eigenvalue weighted by Gasteiger charge is 1.76. The predicted molar refractivity (Wildman–Crippen MR) is 39.0 cm³/mol. The summed E-state index contributed by atoms with van der Waals surface area (Å²) in [6, 6.07) is 0. The molecule has 4 heteroatoms. The highest BCUT2D eigenvalue weighted by molar-refractivity contribution is 5.53. The second kappa shape index (κ2) is 12.0. The maximum Gasteiger partial charge on any atom is 0.251 e. The Morgan fingerprint density at radius 3 is 2.00 bits per heavy atom. The van der Waals surface area contributed by atoms with E-state index in [-0.39, 0.29) is 6.61 Å². The van der Waals surface area contributed by atoms with Gasteiger partial charge in [-0.3, -0.25) is 0 Å². The number of rotatable bonds is 3. The molecule has 0 heterocycles. The van der Waals surface area contributed by atoms with Crippen molar-refractivity contribution in [2.45, 2.75) is 26.7 Å². The van der Waals surface area contributed by atoms with Gasteiger partial charge < -0.3 is 19.7 Å². The van der Waals surface area contributed by atoms with E-state index in [0.717, 1.165) is 6.42 Å². The van der Waals surface area contributed by atoms with Crippen LogP contribution in [0.4, 0.5) is 4.79 Å². The summed E-state index contributed by atoms with van der Waals surface area (Å²) < 4.78 is 4.00. The molecule has 0 aliphatic rings. The van der Waals surface area contributed by atoms with Crippen LogP contribution in [0.2, 0.25) is 0 Å². The monoisotopic (exact) mass is 163 g/mol. The molecule has 0 spiro atoms. The third-order valence-corrected chi connectivity index (χ3v) is 0.648. The van der Waals surface area contributed by atoms with E-state index in [4.69, 9.17) is 5.11 Å². The molecule has 68 valence electrons. The number of aliphatic hydroxyl groups is 1. The predicted octanol–water partition coefficient (Wildman–Crippen LogP) is 0.145. The molecule has 0 saturated heterocycles. The zero-order valence-corrected chi connectivity index (χ0v) is 7.00. The fourth-order valence-electron chi connectivity index (χ4n) is 0.185. The van der Waals surface area contributed by atoms with Gasteiger partial charge in [0, 0.05) is 13.2 Å². The molecule has 0 atom stereocenters. The Kier molecular flexibility index (Phi) is 14.0. The Balaban J connectivity index is 0. The summed E-state index contributed by atoms with van der Waals surface area (Å²) in [6.45, 7) is 4.31. The number of hydrogen-bond acceptors (Lipinski definition) is 4. The van der Waals surface area contributed by atoms with E-state index < -0.39 is 6.16 Å². The molecule has 0 unspecified atom stereocenters. The van der Waals surface area contributed by atoms with Gasteiger partial charge in [0.1, 0.15) is 0 Å². The zero-order chi connectivity index (χ0) is 9.11. The molecule has 0 saturated carbocycles. The Labute approximate surface area is 66.8 Å². The average molecular weight is 163 g/mol. The molecular formula is C7H15O4-. The third-order valence-electron chi connectivity index (χ3n) is 0.648. The fourth-order valence-corrected chi connectivity index (χ4v) is 0.185. The number of carbonyl (C=O) groups excluding carboxylic acids is 1. The van der Waals surface area contributed by atoms with Crippen molar-refractivity contribution in [1.82, 2.24) is 0 Å². The molecule has 0 aromatic heterocycles. The lowest BCUT2D eigenvalue weighted by Crippen LogP contribution is -2.23. The molecule has 1 N–H and O–H groups in total. The van der Waals surface area contributed by atoms with E-state index >= 15 is 0 Å². The molecule has 0 aliphatic heterocycles. The highest BCUT2D eigenvalue weighted by Crippen LogP contribution is 1.76. The smallest absolute Gasteiger partial charge is 0.251 e. The molecule has 0 bridgehead atoms. The van der Waals surface area contributed by atoms with E-state index in [2.05, 4.69) is 4.74 Å². The van der Waals surface area contributed by atoms with Crippen molar-refractivity contribution in [1.29, 1.82) is 0 Å². The van der Waals surface area contributed by atoms with Gasteiger partial charge in [-0.15, -0.1) is 0 Å². The summed E-state index contributed by atoms with van der Waals surface area (Å²) in [5.74, 6) is 0. The summed E-state index contributed by atoms with van der Waals surface area (Å²) in [5.41, 5.74) is 0. The zero-order valence-electron chi connectivity index (χ0n) is 7.00. The van der Waals surface area contributed by atoms with Crippen LogP contribution in [0, 0.1) is 0 Å². The topological polar surface area (TPSA) is 69.6 Å². The standard InChI is InChI=1S/C4H8O3.C3H8O/c1-2-3-7-4(5)6;1-2-3-4/h2-3H2,1H3,(H,5,6);4H,2-3H2,1H3/p-1. The van der Waals surface area contributed by atoms with Crippen molar-refractivity contribution in [3.05, 3.63) is 0 Å². The van der Waals surface area contributed by atoms with Crippen molar-refractivity contribution in [2.75, 3.05) is 13.2 Å². The minimum Gasteiger partial charge on any atom is -0.550 e. The maximum absolute atomic E-state index is 9.42. The van der Waals surface area contributed by atoms with E-state index in [1.165, 1.54) is 0 Å². The molecule has 0 amide bonds. The number of carboxylic acid groups (broad SMARTS) is 1. The molecular weight excluding hydrogens is 148 g/mol. The lowest BCUT2D eigenvalue weighted by molar-refractivity contribution is -0.282. The van der Waals surface area contributed by atoms with Crippen molar-refractivity contribution >= 4 is 6.16 Å². The number of hydrogen-bond donors (Lipinski definition) is 1. The van der Waals surface area contributed by atoms with Gasteiger partial charge in [-0.05, 0) is 12.8 Å². The summed E-state index contributed by atoms with van der Waals surface area (Å²) in [7, 11) is 0. The SMILES string of the molecule is CCCO.CCCOC(=O)[O-]. The van der Waals surface area contributed by atoms with Crippen LogP contribution in [-0.2, 0) is 4.74 Å². The quantitative estimate of drug-likeness (QED) is 0.601. The van der Waals surface area contributed by atoms with Crippen LogP contribution >= 0.6 is 0 Å². The first-order chi connectivity index (χ1) is 5.18. The van der Waals surface area contributed by atoms with Crippen molar-refractivity contribution in [2.24, 2.45) is 0 Å². The van der Waals surface area contributed by atoms with Gasteiger partial charge in [0.25, 0.3) is 6.16 Å². The first kappa shape index (κ1) is 12.9. The molecule has 0 aromatic rings. The third kappa shape index (κ3) is 27.0. The van der Waals surface area contributed by atoms with E-state index in [0.29, 0.717) is 13.0 Å². The summed E-state index contributed by atoms with van der Waals surface area (Å²) in [4.78, 5) is 9.42. The van der Waals surface area contributed by atoms with Crippen LogP contribution < -0.4 is 5.11 Å². The number of aliphatic hydroxyl groups excluding tert-OH is 1. The van der Waals surface area contributed by atoms with Crippen molar-refractivity contribution in [3.8, 4) is 0 Å². The minimum absolute atomic E-state index is 0.238. The molecule has 0 radical (unpaired) electrons. The van der Waals surface area contributed by atoms with Crippen LogP contribution in [0.3, 0.4) is 0 Å². The molecule has 11 heavy (non-hydrogen) atoms. The van der Waals surface area contributed by atoms with Crippen LogP contribution in [-0.4, -0.2) is 24.5 Å². The Hall–Kier alpha value is -0.770. The molecule has 0 aliphatic carbocycles. The largest absolute Gasteiger partial charge is 0.550 e. The van der Waals surface area contributed by atoms with Gasteiger partial charge in [-0.25, -0.2) is 0 Å². The first-order valence-corrected chi connectivity index (χ1v) is 3.63. The fraction of sp³-hybridized carbons (Fsp3) is 0.857. The minimum atomic E-state index is -1.44. The maximum atomic E-state index is 9.42. The summed E-state index contributed by atoms with van der Waals surface area (Å²) in [5, 5.41) is 17.3. The van der Waals surface area contributed by atoms with E-state index in [1.807, 2.05) is 13.8 Å². The number of ether oxygens (including phenoxy) is 1. The van der Waals surface area contributed by atoms with Gasteiger partial charge in [-0.1, -0.05) is 13.8 Å². The van der Waals surface area contributed by atoms with E-state index in [9.17, 15) is 9.90 Å². The highest BCUT2D eigenvalue weighted by atomic mass is 16.7. The molecule has 4 nitrogen and oxygen atoms in total. The first-order valence-electron chi connectivity index (χ1n) is 3.63. The van der Waals surface area contributed by atoms with Crippen molar-refractivity contribution < 1.29 is 19.7 Å². The van der Waals surface area contributed by atoms with Crippen LogP contribution in [0.15, 0.2) is 0 Å². The van der Waals surface area contributed by atoms with Gasteiger partial charge in [0.05, 0.1) is 0 Å². The van der Waals surface area contributed by atoms with E-state index in [1.54, 1.807) is 0 Å². The Morgan fingerprint density at radius 2 is 1.91 bits per heavy atom. The van der Waals surface area contributed by atoms with Crippen LogP contribution in [0.25, 0.3) is 0 Å².